The molecule has 4 heteroatoms. The van der Waals surface area contributed by atoms with Crippen LogP contribution in [0.1, 0.15) is 60.7 Å². The summed E-state index contributed by atoms with van der Waals surface area (Å²) in [7, 11) is 2.21. The molecule has 3 heterocycles. The Labute approximate surface area is 147 Å². The van der Waals surface area contributed by atoms with Crippen LogP contribution in [-0.2, 0) is 4.74 Å². The lowest BCUT2D eigenvalue weighted by Crippen LogP contribution is -2.43. The number of fused-ring (bicyclic) bond motifs is 3. The molecule has 3 atom stereocenters. The number of benzene rings is 1. The summed E-state index contributed by atoms with van der Waals surface area (Å²) in [5.41, 5.74) is 0.803. The molecule has 1 aromatic heterocycles. The van der Waals surface area contributed by atoms with Crippen molar-refractivity contribution in [3.63, 3.8) is 0 Å². The monoisotopic (exact) mass is 343 g/mol. The molecule has 2 aliphatic rings. The minimum absolute atomic E-state index is 0.0740. The van der Waals surface area contributed by atoms with Crippen LogP contribution in [0.5, 0.6) is 0 Å². The molecule has 0 spiro atoms. The third-order valence-corrected chi connectivity index (χ3v) is 7.15. The van der Waals surface area contributed by atoms with E-state index >= 15 is 0 Å². The Kier molecular flexibility index (Phi) is 4.13. The summed E-state index contributed by atoms with van der Waals surface area (Å²) in [5.74, 6) is 0.212. The zero-order valence-electron chi connectivity index (χ0n) is 14.6. The van der Waals surface area contributed by atoms with Crippen molar-refractivity contribution < 1.29 is 9.53 Å². The van der Waals surface area contributed by atoms with Gasteiger partial charge in [-0.05, 0) is 31.9 Å². The van der Waals surface area contributed by atoms with Gasteiger partial charge in [0.25, 0.3) is 0 Å². The molecule has 128 valence electrons. The quantitative estimate of drug-likeness (QED) is 0.749. The third-order valence-electron chi connectivity index (χ3n) is 5.68. The number of esters is 1. The Morgan fingerprint density at radius 1 is 1.21 bits per heavy atom. The lowest BCUT2D eigenvalue weighted by atomic mass is 10.00. The van der Waals surface area contributed by atoms with E-state index in [1.807, 2.05) is 18.2 Å². The van der Waals surface area contributed by atoms with Crippen molar-refractivity contribution in [1.29, 1.82) is 0 Å². The second-order valence-electron chi connectivity index (χ2n) is 7.54. The van der Waals surface area contributed by atoms with E-state index in [0.29, 0.717) is 18.0 Å². The van der Waals surface area contributed by atoms with E-state index in [-0.39, 0.29) is 12.1 Å². The highest BCUT2D eigenvalue weighted by atomic mass is 32.1. The largest absolute Gasteiger partial charge is 0.459 e. The normalized spacial score (nSPS) is 27.1. The van der Waals surface area contributed by atoms with Crippen molar-refractivity contribution in [3.05, 3.63) is 34.7 Å². The lowest BCUT2D eigenvalue weighted by Gasteiger charge is -2.35. The van der Waals surface area contributed by atoms with Crippen LogP contribution in [0.25, 0.3) is 10.1 Å². The van der Waals surface area contributed by atoms with Crippen LogP contribution < -0.4 is 0 Å². The molecule has 0 aliphatic carbocycles. The van der Waals surface area contributed by atoms with Gasteiger partial charge in [0.15, 0.2) is 0 Å². The van der Waals surface area contributed by atoms with E-state index in [1.165, 1.54) is 17.5 Å². The predicted octanol–water partition coefficient (Wildman–Crippen LogP) is 4.81. The summed E-state index contributed by atoms with van der Waals surface area (Å²) in [6.07, 6.45) is 4.53. The summed E-state index contributed by atoms with van der Waals surface area (Å²) in [4.78, 5) is 16.6. The zero-order chi connectivity index (χ0) is 16.8. The average molecular weight is 343 g/mol. The van der Waals surface area contributed by atoms with Crippen molar-refractivity contribution in [2.24, 2.45) is 0 Å². The fourth-order valence-corrected chi connectivity index (χ4v) is 5.54. The molecule has 0 N–H and O–H groups in total. The summed E-state index contributed by atoms with van der Waals surface area (Å²) in [6, 6.07) is 9.36. The molecule has 3 nitrogen and oxygen atoms in total. The first-order valence-electron chi connectivity index (χ1n) is 8.99. The molecule has 2 aromatic rings. The number of thiophene rings is 1. The highest BCUT2D eigenvalue weighted by Crippen LogP contribution is 2.39. The third kappa shape index (κ3) is 2.66. The van der Waals surface area contributed by atoms with E-state index in [2.05, 4.69) is 31.9 Å². The first-order valence-corrected chi connectivity index (χ1v) is 9.80. The van der Waals surface area contributed by atoms with Crippen molar-refractivity contribution in [2.75, 3.05) is 7.05 Å². The first-order chi connectivity index (χ1) is 11.5. The topological polar surface area (TPSA) is 29.5 Å². The maximum Gasteiger partial charge on any atom is 0.340 e. The Morgan fingerprint density at radius 3 is 2.54 bits per heavy atom. The van der Waals surface area contributed by atoms with E-state index in [4.69, 9.17) is 4.74 Å². The van der Waals surface area contributed by atoms with Gasteiger partial charge in [-0.1, -0.05) is 32.0 Å². The lowest BCUT2D eigenvalue weighted by molar-refractivity contribution is -0.000334. The Hall–Kier alpha value is -1.39. The fourth-order valence-electron chi connectivity index (χ4n) is 4.35. The average Bonchev–Trinajstić information content (AvgIpc) is 3.02. The van der Waals surface area contributed by atoms with Crippen molar-refractivity contribution in [3.8, 4) is 0 Å². The number of piperidine rings is 1. The maximum atomic E-state index is 13.0. The number of ether oxygens (including phenoxy) is 1. The molecule has 4 rings (SSSR count). The Bertz CT molecular complexity index is 752. The van der Waals surface area contributed by atoms with Gasteiger partial charge in [-0.25, -0.2) is 4.79 Å². The molecule has 1 aromatic carbocycles. The molecule has 0 saturated carbocycles. The number of hydrogen-bond donors (Lipinski definition) is 0. The standard InChI is InChI=1S/C20H25NO2S/c1-12(2)19-18(16-6-4-5-7-17(16)24-19)20(22)23-15-10-13-8-9-14(11-15)21(13)3/h4-7,12-15H,8-11H2,1-3H3/t13-,14+,15?. The minimum Gasteiger partial charge on any atom is -0.459 e. The van der Waals surface area contributed by atoms with Crippen LogP contribution in [-0.4, -0.2) is 36.1 Å². The molecule has 2 aliphatic heterocycles. The molecule has 2 fully saturated rings. The second-order valence-corrected chi connectivity index (χ2v) is 8.63. The Balaban J connectivity index is 1.61. The summed E-state index contributed by atoms with van der Waals surface area (Å²) in [6.45, 7) is 4.30. The van der Waals surface area contributed by atoms with Gasteiger partial charge >= 0.3 is 5.97 Å². The Morgan fingerprint density at radius 2 is 1.88 bits per heavy atom. The van der Waals surface area contributed by atoms with Crippen LogP contribution in [0.3, 0.4) is 0 Å². The van der Waals surface area contributed by atoms with E-state index in [9.17, 15) is 4.79 Å². The number of carbonyl (C=O) groups is 1. The van der Waals surface area contributed by atoms with E-state index < -0.39 is 0 Å². The van der Waals surface area contributed by atoms with Crippen LogP contribution in [0.2, 0.25) is 0 Å². The SMILES string of the molecule is CC(C)c1sc2ccccc2c1C(=O)OC1C[C@H]2CC[C@@H](C1)N2C. The minimum atomic E-state index is -0.120. The highest BCUT2D eigenvalue weighted by Gasteiger charge is 2.40. The van der Waals surface area contributed by atoms with Gasteiger partial charge in [0, 0.05) is 39.9 Å². The zero-order valence-corrected chi connectivity index (χ0v) is 15.4. The number of nitrogens with zero attached hydrogens (tertiary/aromatic N) is 1. The highest BCUT2D eigenvalue weighted by molar-refractivity contribution is 7.19. The van der Waals surface area contributed by atoms with Crippen molar-refractivity contribution >= 4 is 27.4 Å². The molecule has 0 amide bonds. The van der Waals surface area contributed by atoms with Gasteiger partial charge in [-0.3, -0.25) is 0 Å². The molecule has 2 saturated heterocycles. The van der Waals surface area contributed by atoms with Gasteiger partial charge in [0.05, 0.1) is 5.56 Å². The molecule has 24 heavy (non-hydrogen) atoms. The number of carbonyl (C=O) groups excluding carboxylic acids is 1. The molecular weight excluding hydrogens is 318 g/mol. The van der Waals surface area contributed by atoms with Crippen molar-refractivity contribution in [2.45, 2.75) is 63.6 Å². The second kappa shape index (κ2) is 6.16. The van der Waals surface area contributed by atoms with Gasteiger partial charge in [0.1, 0.15) is 6.10 Å². The fraction of sp³-hybridized carbons (Fsp3) is 0.550. The van der Waals surface area contributed by atoms with Gasteiger partial charge < -0.3 is 9.64 Å². The van der Waals surface area contributed by atoms with Crippen LogP contribution in [0.15, 0.2) is 24.3 Å². The molecule has 2 bridgehead atoms. The molecule has 0 radical (unpaired) electrons. The van der Waals surface area contributed by atoms with Crippen LogP contribution >= 0.6 is 11.3 Å². The smallest absolute Gasteiger partial charge is 0.340 e. The van der Waals surface area contributed by atoms with Gasteiger partial charge in [-0.15, -0.1) is 11.3 Å². The molecular formula is C20H25NO2S. The summed E-state index contributed by atoms with van der Waals surface area (Å²) < 4.78 is 7.18. The first kappa shape index (κ1) is 16.1. The van der Waals surface area contributed by atoms with Crippen LogP contribution in [0.4, 0.5) is 0 Å². The van der Waals surface area contributed by atoms with E-state index in [1.54, 1.807) is 11.3 Å². The summed E-state index contributed by atoms with van der Waals surface area (Å²) >= 11 is 1.73. The van der Waals surface area contributed by atoms with Crippen molar-refractivity contribution in [1.82, 2.24) is 4.90 Å². The van der Waals surface area contributed by atoms with Crippen LogP contribution in [0, 0.1) is 0 Å². The summed E-state index contributed by atoms with van der Waals surface area (Å²) in [5, 5.41) is 1.05. The number of hydrogen-bond acceptors (Lipinski definition) is 4. The van der Waals surface area contributed by atoms with E-state index in [0.717, 1.165) is 28.7 Å². The number of rotatable bonds is 3. The predicted molar refractivity (Wildman–Crippen MR) is 98.9 cm³/mol. The molecule has 1 unspecified atom stereocenters. The maximum absolute atomic E-state index is 13.0. The van der Waals surface area contributed by atoms with Gasteiger partial charge in [-0.2, -0.15) is 0 Å². The van der Waals surface area contributed by atoms with Gasteiger partial charge in [0.2, 0.25) is 0 Å².